The van der Waals surface area contributed by atoms with Crippen LogP contribution in [0.15, 0.2) is 30.3 Å². The highest BCUT2D eigenvalue weighted by Gasteiger charge is 2.12. The van der Waals surface area contributed by atoms with Crippen molar-refractivity contribution in [3.8, 4) is 17.2 Å². The number of carbonyl (C=O) groups is 1. The minimum atomic E-state index is -0.979. The first-order valence-electron chi connectivity index (χ1n) is 8.25. The summed E-state index contributed by atoms with van der Waals surface area (Å²) in [5.74, 6) is -0.633. The first-order valence-corrected chi connectivity index (χ1v) is 8.25. The van der Waals surface area contributed by atoms with Gasteiger partial charge in [0.05, 0.1) is 14.2 Å². The third-order valence-corrected chi connectivity index (χ3v) is 3.88. The molecule has 0 aliphatic heterocycles. The second-order valence-electron chi connectivity index (χ2n) is 5.91. The predicted octanol–water partition coefficient (Wildman–Crippen LogP) is 4.13. The molecule has 0 aliphatic carbocycles. The van der Waals surface area contributed by atoms with Crippen LogP contribution < -0.4 is 14.2 Å². The first kappa shape index (κ1) is 19.7. The van der Waals surface area contributed by atoms with Gasteiger partial charge in [0.25, 0.3) is 0 Å². The van der Waals surface area contributed by atoms with Gasteiger partial charge in [-0.05, 0) is 55.5 Å². The lowest BCUT2D eigenvalue weighted by molar-refractivity contribution is -0.118. The summed E-state index contributed by atoms with van der Waals surface area (Å²) in [4.78, 5) is 11.0. The highest BCUT2D eigenvalue weighted by Crippen LogP contribution is 2.28. The Morgan fingerprint density at radius 1 is 1.00 bits per heavy atom. The van der Waals surface area contributed by atoms with E-state index in [2.05, 4.69) is 0 Å². The number of carbonyl (C=O) groups excluding carboxylic acids is 1. The van der Waals surface area contributed by atoms with Gasteiger partial charge in [0.1, 0.15) is 12.4 Å². The average molecular weight is 364 g/mol. The van der Waals surface area contributed by atoms with Crippen LogP contribution >= 0.6 is 0 Å². The number of aryl methyl sites for hydroxylation is 2. The van der Waals surface area contributed by atoms with E-state index in [-0.39, 0.29) is 23.7 Å². The zero-order chi connectivity index (χ0) is 19.1. The molecule has 0 amide bonds. The van der Waals surface area contributed by atoms with Crippen molar-refractivity contribution < 1.29 is 27.8 Å². The lowest BCUT2D eigenvalue weighted by Gasteiger charge is -2.11. The van der Waals surface area contributed by atoms with Crippen LogP contribution in [-0.2, 0) is 17.6 Å². The molecule has 26 heavy (non-hydrogen) atoms. The molecule has 0 bridgehead atoms. The maximum absolute atomic E-state index is 14.0. The number of rotatable bonds is 9. The monoisotopic (exact) mass is 364 g/mol. The topological polar surface area (TPSA) is 44.8 Å². The fourth-order valence-electron chi connectivity index (χ4n) is 2.59. The van der Waals surface area contributed by atoms with Crippen LogP contribution in [0.3, 0.4) is 0 Å². The number of ketones is 1. The molecule has 2 aromatic carbocycles. The van der Waals surface area contributed by atoms with Crippen molar-refractivity contribution in [3.05, 3.63) is 53.1 Å². The molecule has 0 aromatic heterocycles. The van der Waals surface area contributed by atoms with Crippen LogP contribution in [-0.4, -0.2) is 26.6 Å². The first-order chi connectivity index (χ1) is 12.4. The average Bonchev–Trinajstić information content (AvgIpc) is 2.63. The minimum Gasteiger partial charge on any atom is -0.493 e. The van der Waals surface area contributed by atoms with Crippen molar-refractivity contribution >= 4 is 5.78 Å². The van der Waals surface area contributed by atoms with Gasteiger partial charge in [-0.1, -0.05) is 6.07 Å². The Kier molecular flexibility index (Phi) is 6.95. The molecule has 0 unspecified atom stereocenters. The van der Waals surface area contributed by atoms with E-state index in [1.54, 1.807) is 14.2 Å². The molecule has 140 valence electrons. The Hall–Kier alpha value is -2.63. The van der Waals surface area contributed by atoms with Gasteiger partial charge in [-0.15, -0.1) is 0 Å². The van der Waals surface area contributed by atoms with E-state index in [4.69, 9.17) is 14.2 Å². The molecule has 0 saturated carbocycles. The molecule has 0 fully saturated rings. The summed E-state index contributed by atoms with van der Waals surface area (Å²) >= 11 is 0. The molecule has 0 radical (unpaired) electrons. The maximum atomic E-state index is 14.0. The fourth-order valence-corrected chi connectivity index (χ4v) is 2.59. The van der Waals surface area contributed by atoms with Gasteiger partial charge < -0.3 is 14.2 Å². The van der Waals surface area contributed by atoms with Crippen LogP contribution in [0.1, 0.15) is 24.5 Å². The Morgan fingerprint density at radius 3 is 2.38 bits per heavy atom. The van der Waals surface area contributed by atoms with Gasteiger partial charge in [0, 0.05) is 6.07 Å². The second kappa shape index (κ2) is 9.17. The number of benzene rings is 2. The molecule has 4 nitrogen and oxygen atoms in total. The lowest BCUT2D eigenvalue weighted by atomic mass is 10.0. The summed E-state index contributed by atoms with van der Waals surface area (Å²) in [5, 5.41) is 0. The molecule has 2 aromatic rings. The van der Waals surface area contributed by atoms with Crippen molar-refractivity contribution in [2.45, 2.75) is 26.2 Å². The second-order valence-corrected chi connectivity index (χ2v) is 5.91. The lowest BCUT2D eigenvalue weighted by Crippen LogP contribution is -2.08. The van der Waals surface area contributed by atoms with Crippen LogP contribution in [0.25, 0.3) is 0 Å². The van der Waals surface area contributed by atoms with E-state index < -0.39 is 11.6 Å². The van der Waals surface area contributed by atoms with Crippen LogP contribution in [0.2, 0.25) is 0 Å². The minimum absolute atomic E-state index is 0.153. The molecule has 0 saturated heterocycles. The van der Waals surface area contributed by atoms with Crippen LogP contribution in [0.5, 0.6) is 17.2 Å². The summed E-state index contributed by atoms with van der Waals surface area (Å²) in [7, 11) is 3.13. The highest BCUT2D eigenvalue weighted by atomic mass is 19.2. The van der Waals surface area contributed by atoms with Crippen molar-refractivity contribution in [2.75, 3.05) is 20.8 Å². The molecular formula is C20H22F2O4. The maximum Gasteiger partial charge on any atom is 0.167 e. The summed E-state index contributed by atoms with van der Waals surface area (Å²) in [6.45, 7) is 1.19. The number of ether oxygens (including phenoxy) is 3. The molecule has 0 N–H and O–H groups in total. The summed E-state index contributed by atoms with van der Waals surface area (Å²) in [6, 6.07) is 7.98. The van der Waals surface area contributed by atoms with Crippen molar-refractivity contribution in [1.82, 2.24) is 0 Å². The Bertz CT molecular complexity index is 775. The largest absolute Gasteiger partial charge is 0.493 e. The van der Waals surface area contributed by atoms with Crippen LogP contribution in [0, 0.1) is 11.6 Å². The standard InChI is InChI=1S/C20H22F2O4/c1-13(23)12-26-16-10-15(20(22)17(21)11-16)6-4-5-14-7-8-18(24-2)19(9-14)25-3/h7-11H,4-6,12H2,1-3H3. The van der Waals surface area contributed by atoms with E-state index in [1.807, 2.05) is 18.2 Å². The van der Waals surface area contributed by atoms with E-state index in [0.717, 1.165) is 11.6 Å². The van der Waals surface area contributed by atoms with E-state index in [9.17, 15) is 13.6 Å². The number of hydrogen-bond acceptors (Lipinski definition) is 4. The third kappa shape index (κ3) is 5.18. The zero-order valence-electron chi connectivity index (χ0n) is 15.1. The molecule has 0 heterocycles. The summed E-state index contributed by atoms with van der Waals surface area (Å²) in [5.41, 5.74) is 1.23. The third-order valence-electron chi connectivity index (χ3n) is 3.88. The van der Waals surface area contributed by atoms with Gasteiger partial charge >= 0.3 is 0 Å². The van der Waals surface area contributed by atoms with Gasteiger partial charge in [0.2, 0.25) is 0 Å². The molecular weight excluding hydrogens is 342 g/mol. The van der Waals surface area contributed by atoms with Crippen LogP contribution in [0.4, 0.5) is 8.78 Å². The summed E-state index contributed by atoms with van der Waals surface area (Å²) in [6.07, 6.45) is 1.62. The number of Topliss-reactive ketones (excluding diaryl/α,β-unsaturated/α-hetero) is 1. The van der Waals surface area contributed by atoms with Gasteiger partial charge in [-0.3, -0.25) is 4.79 Å². The highest BCUT2D eigenvalue weighted by molar-refractivity contribution is 5.77. The Labute approximate surface area is 151 Å². The fraction of sp³-hybridized carbons (Fsp3) is 0.350. The van der Waals surface area contributed by atoms with Crippen molar-refractivity contribution in [3.63, 3.8) is 0 Å². The molecule has 6 heteroatoms. The molecule has 2 rings (SSSR count). The van der Waals surface area contributed by atoms with Gasteiger partial charge in [-0.2, -0.15) is 0 Å². The molecule has 0 spiro atoms. The predicted molar refractivity (Wildman–Crippen MR) is 94.1 cm³/mol. The quantitative estimate of drug-likeness (QED) is 0.671. The molecule has 0 aliphatic rings. The number of halogens is 2. The van der Waals surface area contributed by atoms with E-state index in [0.29, 0.717) is 30.8 Å². The molecule has 0 atom stereocenters. The number of methoxy groups -OCH3 is 2. The van der Waals surface area contributed by atoms with E-state index in [1.165, 1.54) is 13.0 Å². The van der Waals surface area contributed by atoms with E-state index >= 15 is 0 Å². The Balaban J connectivity index is 2.03. The smallest absolute Gasteiger partial charge is 0.167 e. The van der Waals surface area contributed by atoms with Gasteiger partial charge in [-0.25, -0.2) is 8.78 Å². The Morgan fingerprint density at radius 2 is 1.73 bits per heavy atom. The normalized spacial score (nSPS) is 10.5. The summed E-state index contributed by atoms with van der Waals surface area (Å²) < 4.78 is 43.3. The number of hydrogen-bond donors (Lipinski definition) is 0. The SMILES string of the molecule is COc1ccc(CCCc2cc(OCC(C)=O)cc(F)c2F)cc1OC. The zero-order valence-corrected chi connectivity index (χ0v) is 15.1. The van der Waals surface area contributed by atoms with Crippen molar-refractivity contribution in [2.24, 2.45) is 0 Å². The van der Waals surface area contributed by atoms with Crippen molar-refractivity contribution in [1.29, 1.82) is 0 Å². The van der Waals surface area contributed by atoms with Gasteiger partial charge in [0.15, 0.2) is 28.9 Å².